The van der Waals surface area contributed by atoms with E-state index in [9.17, 15) is 9.59 Å². The highest BCUT2D eigenvalue weighted by atomic mass is 35.5. The average molecular weight is 325 g/mol. The number of hydrogen-bond acceptors (Lipinski definition) is 4. The lowest BCUT2D eigenvalue weighted by Gasteiger charge is -2.23. The van der Waals surface area contributed by atoms with Crippen molar-refractivity contribution in [1.29, 1.82) is 0 Å². The first kappa shape index (κ1) is 15.5. The Morgan fingerprint density at radius 3 is 2.48 bits per heavy atom. The van der Waals surface area contributed by atoms with E-state index in [0.717, 1.165) is 4.90 Å². The van der Waals surface area contributed by atoms with Crippen molar-refractivity contribution in [2.24, 2.45) is 5.73 Å². The molecule has 1 heterocycles. The Kier molecular flexibility index (Phi) is 4.95. The molecule has 1 atom stereocenters. The number of aliphatic carboxylic acids is 1. The van der Waals surface area contributed by atoms with Gasteiger partial charge in [-0.25, -0.2) is 0 Å². The molecule has 2 rings (SSSR count). The largest absolute Gasteiger partial charge is 0.480 e. The van der Waals surface area contributed by atoms with Crippen LogP contribution in [0.15, 0.2) is 41.8 Å². The lowest BCUT2D eigenvalue weighted by Crippen LogP contribution is -2.41. The minimum atomic E-state index is -1.11. The first-order chi connectivity index (χ1) is 9.99. The summed E-state index contributed by atoms with van der Waals surface area (Å²) in [7, 11) is 0. The van der Waals surface area contributed by atoms with Crippen molar-refractivity contribution in [1.82, 2.24) is 0 Å². The van der Waals surface area contributed by atoms with Crippen LogP contribution >= 0.6 is 22.9 Å². The number of carboxylic acids is 1. The number of halogens is 1. The van der Waals surface area contributed by atoms with E-state index in [4.69, 9.17) is 22.4 Å². The van der Waals surface area contributed by atoms with Crippen molar-refractivity contribution in [3.63, 3.8) is 0 Å². The third-order valence-corrected chi connectivity index (χ3v) is 4.02. The first-order valence-electron chi connectivity index (χ1n) is 6.07. The van der Waals surface area contributed by atoms with Gasteiger partial charge in [0.05, 0.1) is 0 Å². The molecule has 0 aliphatic rings. The van der Waals surface area contributed by atoms with Crippen LogP contribution in [0, 0.1) is 0 Å². The molecule has 0 spiro atoms. The normalized spacial score (nSPS) is 11.9. The molecule has 1 aromatic heterocycles. The second kappa shape index (κ2) is 6.71. The predicted molar refractivity (Wildman–Crippen MR) is 82.7 cm³/mol. The molecule has 0 bridgehead atoms. The van der Waals surface area contributed by atoms with Crippen LogP contribution in [0.4, 0.5) is 5.69 Å². The van der Waals surface area contributed by atoms with E-state index < -0.39 is 24.5 Å². The number of benzene rings is 1. The lowest BCUT2D eigenvalue weighted by atomic mass is 10.2. The maximum absolute atomic E-state index is 12.5. The smallest absolute Gasteiger partial charge is 0.323 e. The zero-order chi connectivity index (χ0) is 15.4. The zero-order valence-electron chi connectivity index (χ0n) is 10.9. The first-order valence-corrected chi connectivity index (χ1v) is 7.32. The van der Waals surface area contributed by atoms with E-state index in [1.165, 1.54) is 11.3 Å². The molecular formula is C14H13ClN2O3S. The number of hydrogen-bond donors (Lipinski definition) is 2. The number of rotatable bonds is 5. The highest BCUT2D eigenvalue weighted by Crippen LogP contribution is 2.23. The Morgan fingerprint density at radius 2 is 1.95 bits per heavy atom. The summed E-state index contributed by atoms with van der Waals surface area (Å²) in [5.74, 6) is -1.58. The molecule has 3 N–H and O–H groups in total. The van der Waals surface area contributed by atoms with Gasteiger partial charge in [-0.1, -0.05) is 17.7 Å². The Labute approximate surface area is 130 Å². The molecule has 0 radical (unpaired) electrons. The van der Waals surface area contributed by atoms with Gasteiger partial charge in [-0.05, 0) is 35.7 Å². The molecule has 0 aliphatic carbocycles. The van der Waals surface area contributed by atoms with E-state index in [-0.39, 0.29) is 0 Å². The molecule has 7 heteroatoms. The molecule has 110 valence electrons. The second-order valence-electron chi connectivity index (χ2n) is 4.29. The van der Waals surface area contributed by atoms with Crippen LogP contribution in [-0.2, 0) is 9.59 Å². The minimum Gasteiger partial charge on any atom is -0.480 e. The number of carbonyl (C=O) groups is 2. The molecule has 1 aromatic carbocycles. The topological polar surface area (TPSA) is 83.6 Å². The molecule has 0 saturated heterocycles. The summed E-state index contributed by atoms with van der Waals surface area (Å²) in [5.41, 5.74) is 6.37. The summed E-state index contributed by atoms with van der Waals surface area (Å²) in [5, 5.41) is 11.3. The SMILES string of the molecule is NC(C(=O)N(CC(=O)O)c1ccc(Cl)cc1)c1cccs1. The molecular weight excluding hydrogens is 312 g/mol. The van der Waals surface area contributed by atoms with Crippen molar-refractivity contribution in [2.75, 3.05) is 11.4 Å². The van der Waals surface area contributed by atoms with Gasteiger partial charge < -0.3 is 10.8 Å². The fourth-order valence-electron chi connectivity index (χ4n) is 1.81. The van der Waals surface area contributed by atoms with Gasteiger partial charge in [0.2, 0.25) is 5.91 Å². The van der Waals surface area contributed by atoms with Gasteiger partial charge in [0.1, 0.15) is 12.6 Å². The van der Waals surface area contributed by atoms with Crippen molar-refractivity contribution < 1.29 is 14.7 Å². The Morgan fingerprint density at radius 1 is 1.29 bits per heavy atom. The van der Waals surface area contributed by atoms with Crippen LogP contribution in [-0.4, -0.2) is 23.5 Å². The zero-order valence-corrected chi connectivity index (χ0v) is 12.5. The fraction of sp³-hybridized carbons (Fsp3) is 0.143. The fourth-order valence-corrected chi connectivity index (χ4v) is 2.66. The van der Waals surface area contributed by atoms with Gasteiger partial charge in [0.25, 0.3) is 0 Å². The number of nitrogens with two attached hydrogens (primary N) is 1. The highest BCUT2D eigenvalue weighted by molar-refractivity contribution is 7.10. The van der Waals surface area contributed by atoms with Gasteiger partial charge in [-0.3, -0.25) is 14.5 Å². The van der Waals surface area contributed by atoms with Crippen LogP contribution in [0.25, 0.3) is 0 Å². The monoisotopic (exact) mass is 324 g/mol. The quantitative estimate of drug-likeness (QED) is 0.885. The summed E-state index contributed by atoms with van der Waals surface area (Å²) in [6, 6.07) is 9.00. The number of carboxylic acid groups (broad SMARTS) is 1. The molecule has 2 aromatic rings. The summed E-state index contributed by atoms with van der Waals surface area (Å²) >= 11 is 7.15. The molecule has 0 aliphatic heterocycles. The van der Waals surface area contributed by atoms with Gasteiger partial charge in [0.15, 0.2) is 0 Å². The average Bonchev–Trinajstić information content (AvgIpc) is 2.98. The van der Waals surface area contributed by atoms with E-state index in [1.54, 1.807) is 36.4 Å². The predicted octanol–water partition coefficient (Wildman–Crippen LogP) is 2.52. The van der Waals surface area contributed by atoms with Crippen LogP contribution in [0.1, 0.15) is 10.9 Å². The summed E-state index contributed by atoms with van der Waals surface area (Å²) in [6.07, 6.45) is 0. The van der Waals surface area contributed by atoms with Crippen molar-refractivity contribution >= 4 is 40.5 Å². The number of anilines is 1. The summed E-state index contributed by atoms with van der Waals surface area (Å²) < 4.78 is 0. The number of nitrogens with zero attached hydrogens (tertiary/aromatic N) is 1. The molecule has 5 nitrogen and oxygen atoms in total. The van der Waals surface area contributed by atoms with Crippen LogP contribution < -0.4 is 10.6 Å². The van der Waals surface area contributed by atoms with Gasteiger partial charge in [-0.15, -0.1) is 11.3 Å². The number of amides is 1. The van der Waals surface area contributed by atoms with Crippen LogP contribution in [0.5, 0.6) is 0 Å². The summed E-state index contributed by atoms with van der Waals surface area (Å²) in [4.78, 5) is 25.3. The molecule has 1 amide bonds. The van der Waals surface area contributed by atoms with Crippen molar-refractivity contribution in [3.05, 3.63) is 51.7 Å². The summed E-state index contributed by atoms with van der Waals surface area (Å²) in [6.45, 7) is -0.459. The molecule has 1 unspecified atom stereocenters. The number of carbonyl (C=O) groups excluding carboxylic acids is 1. The van der Waals surface area contributed by atoms with Gasteiger partial charge in [0, 0.05) is 15.6 Å². The lowest BCUT2D eigenvalue weighted by molar-refractivity contribution is -0.136. The molecule has 0 saturated carbocycles. The van der Waals surface area contributed by atoms with E-state index in [0.29, 0.717) is 15.6 Å². The third-order valence-electron chi connectivity index (χ3n) is 2.81. The van der Waals surface area contributed by atoms with E-state index in [2.05, 4.69) is 0 Å². The highest BCUT2D eigenvalue weighted by Gasteiger charge is 2.26. The van der Waals surface area contributed by atoms with Crippen LogP contribution in [0.2, 0.25) is 5.02 Å². The maximum Gasteiger partial charge on any atom is 0.323 e. The second-order valence-corrected chi connectivity index (χ2v) is 5.70. The minimum absolute atomic E-state index is 0.443. The number of thiophene rings is 1. The molecule has 0 fully saturated rings. The van der Waals surface area contributed by atoms with Crippen molar-refractivity contribution in [2.45, 2.75) is 6.04 Å². The van der Waals surface area contributed by atoms with Crippen LogP contribution in [0.3, 0.4) is 0 Å². The van der Waals surface area contributed by atoms with Gasteiger partial charge in [-0.2, -0.15) is 0 Å². The van der Waals surface area contributed by atoms with E-state index in [1.807, 2.05) is 5.38 Å². The van der Waals surface area contributed by atoms with Crippen molar-refractivity contribution in [3.8, 4) is 0 Å². The Hall–Kier alpha value is -1.89. The Balaban J connectivity index is 2.29. The van der Waals surface area contributed by atoms with E-state index >= 15 is 0 Å². The standard InChI is InChI=1S/C14H13ClN2O3S/c15-9-3-5-10(6-4-9)17(8-12(18)19)14(20)13(16)11-2-1-7-21-11/h1-7,13H,8,16H2,(H,18,19). The Bertz CT molecular complexity index is 628. The van der Waals surface area contributed by atoms with Gasteiger partial charge >= 0.3 is 5.97 Å². The molecule has 21 heavy (non-hydrogen) atoms. The third kappa shape index (κ3) is 3.81. The maximum atomic E-state index is 12.5.